The van der Waals surface area contributed by atoms with Crippen LogP contribution in [0, 0.1) is 11.8 Å². The molecular formula is C24H29O8P. The van der Waals surface area contributed by atoms with Crippen LogP contribution in [0.2, 0.25) is 0 Å². The second-order valence-corrected chi connectivity index (χ2v) is 9.49. The van der Waals surface area contributed by atoms with Gasteiger partial charge in [0.2, 0.25) is 0 Å². The maximum Gasteiger partial charge on any atom is 0.332 e. The molecule has 0 aliphatic heterocycles. The molecule has 2 atom stereocenters. The molecule has 2 aromatic rings. The van der Waals surface area contributed by atoms with Gasteiger partial charge in [0, 0.05) is 6.42 Å². The van der Waals surface area contributed by atoms with Gasteiger partial charge in [-0.3, -0.25) is 14.2 Å². The predicted octanol–water partition coefficient (Wildman–Crippen LogP) is 4.17. The lowest BCUT2D eigenvalue weighted by Crippen LogP contribution is -2.28. The van der Waals surface area contributed by atoms with Crippen LogP contribution in [0.5, 0.6) is 0 Å². The molecule has 0 heterocycles. The Hall–Kier alpha value is -2.80. The first-order valence-corrected chi connectivity index (χ1v) is 12.2. The van der Waals surface area contributed by atoms with Crippen LogP contribution in [0.4, 0.5) is 0 Å². The highest BCUT2D eigenvalue weighted by Crippen LogP contribution is 2.52. The highest BCUT2D eigenvalue weighted by Gasteiger charge is 2.37. The molecule has 0 spiro atoms. The van der Waals surface area contributed by atoms with E-state index in [0.29, 0.717) is 6.29 Å². The summed E-state index contributed by atoms with van der Waals surface area (Å²) in [5.41, 5.74) is 1.56. The number of carbonyl (C=O) groups excluding carboxylic acids is 3. The Bertz CT molecular complexity index is 884. The summed E-state index contributed by atoms with van der Waals surface area (Å²) in [7, 11) is -1.43. The Morgan fingerprint density at radius 1 is 0.818 bits per heavy atom. The van der Waals surface area contributed by atoms with E-state index in [4.69, 9.17) is 18.5 Å². The molecule has 2 aromatic carbocycles. The fourth-order valence-corrected chi connectivity index (χ4v) is 5.05. The molecule has 8 nitrogen and oxygen atoms in total. The zero-order chi connectivity index (χ0) is 24.1. The predicted molar refractivity (Wildman–Crippen MR) is 121 cm³/mol. The van der Waals surface area contributed by atoms with Gasteiger partial charge in [-0.15, -0.1) is 0 Å². The summed E-state index contributed by atoms with van der Waals surface area (Å²) < 4.78 is 34.8. The van der Waals surface area contributed by atoms with Crippen molar-refractivity contribution in [2.75, 3.05) is 20.4 Å². The van der Waals surface area contributed by atoms with Gasteiger partial charge in [-0.05, 0) is 17.5 Å². The maximum atomic E-state index is 13.7. The molecule has 0 saturated carbocycles. The van der Waals surface area contributed by atoms with Gasteiger partial charge < -0.3 is 23.3 Å². The molecule has 2 unspecified atom stereocenters. The molecule has 0 radical (unpaired) electrons. The highest BCUT2D eigenvalue weighted by atomic mass is 31.2. The lowest BCUT2D eigenvalue weighted by molar-refractivity contribution is -0.150. The van der Waals surface area contributed by atoms with Gasteiger partial charge in [-0.25, -0.2) is 0 Å². The van der Waals surface area contributed by atoms with Crippen molar-refractivity contribution >= 4 is 25.8 Å². The molecule has 0 aromatic heterocycles. The Balaban J connectivity index is 2.24. The first-order chi connectivity index (χ1) is 15.9. The third-order valence-electron chi connectivity index (χ3n) is 5.00. The standard InChI is InChI=1S/C24H29O8P/c1-29-23(26)21(13-14-25)15-22(24(27)30-2)18-33(28,31-16-19-9-5-3-6-10-19)32-17-20-11-7-4-8-12-20/h3-12,14,21-22H,13,15-18H2,1-2H3. The number of ether oxygens (including phenoxy) is 2. The topological polar surface area (TPSA) is 105 Å². The van der Waals surface area contributed by atoms with Crippen LogP contribution < -0.4 is 0 Å². The summed E-state index contributed by atoms with van der Waals surface area (Å²) in [5.74, 6) is -3.20. The number of esters is 2. The third-order valence-corrected chi connectivity index (χ3v) is 6.94. The molecule has 2 rings (SSSR count). The van der Waals surface area contributed by atoms with Crippen molar-refractivity contribution in [2.24, 2.45) is 11.8 Å². The second kappa shape index (κ2) is 13.7. The van der Waals surface area contributed by atoms with Crippen LogP contribution in [-0.4, -0.2) is 38.6 Å². The lowest BCUT2D eigenvalue weighted by Gasteiger charge is -2.24. The average Bonchev–Trinajstić information content (AvgIpc) is 2.86. The van der Waals surface area contributed by atoms with Gasteiger partial charge in [0.05, 0.1) is 45.4 Å². The van der Waals surface area contributed by atoms with Gasteiger partial charge in [-0.2, -0.15) is 0 Å². The van der Waals surface area contributed by atoms with Crippen molar-refractivity contribution < 1.29 is 37.5 Å². The lowest BCUT2D eigenvalue weighted by atomic mass is 9.93. The minimum absolute atomic E-state index is 0.00949. The number of benzene rings is 2. The molecule has 0 bridgehead atoms. The fraction of sp³-hybridized carbons (Fsp3) is 0.375. The molecule has 0 saturated heterocycles. The van der Waals surface area contributed by atoms with E-state index in [9.17, 15) is 18.9 Å². The molecule has 33 heavy (non-hydrogen) atoms. The molecular weight excluding hydrogens is 447 g/mol. The van der Waals surface area contributed by atoms with Crippen LogP contribution in [0.3, 0.4) is 0 Å². The van der Waals surface area contributed by atoms with Crippen molar-refractivity contribution in [3.05, 3.63) is 71.8 Å². The Labute approximate surface area is 193 Å². The Kier molecular flexibility index (Phi) is 11.0. The largest absolute Gasteiger partial charge is 0.469 e. The van der Waals surface area contributed by atoms with E-state index in [1.165, 1.54) is 14.2 Å². The van der Waals surface area contributed by atoms with Gasteiger partial charge in [0.1, 0.15) is 6.29 Å². The number of hydrogen-bond acceptors (Lipinski definition) is 8. The van der Waals surface area contributed by atoms with E-state index in [2.05, 4.69) is 0 Å². The molecule has 0 aliphatic carbocycles. The number of carbonyl (C=O) groups is 3. The van der Waals surface area contributed by atoms with Gasteiger partial charge in [0.25, 0.3) is 0 Å². The SMILES string of the molecule is COC(=O)C(CC=O)CC(CP(=O)(OCc1ccccc1)OCc1ccccc1)C(=O)OC. The summed E-state index contributed by atoms with van der Waals surface area (Å²) in [4.78, 5) is 35.6. The molecule has 9 heteroatoms. The second-order valence-electron chi connectivity index (χ2n) is 7.39. The molecule has 0 fully saturated rings. The van der Waals surface area contributed by atoms with Gasteiger partial charge in [-0.1, -0.05) is 60.7 Å². The molecule has 0 aliphatic rings. The van der Waals surface area contributed by atoms with E-state index >= 15 is 0 Å². The van der Waals surface area contributed by atoms with Crippen molar-refractivity contribution in [2.45, 2.75) is 26.1 Å². The van der Waals surface area contributed by atoms with Crippen LogP contribution in [0.25, 0.3) is 0 Å². The van der Waals surface area contributed by atoms with E-state index in [1.807, 2.05) is 60.7 Å². The number of hydrogen-bond donors (Lipinski definition) is 0. The number of rotatable bonds is 14. The van der Waals surface area contributed by atoms with E-state index in [1.54, 1.807) is 0 Å². The Morgan fingerprint density at radius 3 is 1.70 bits per heavy atom. The van der Waals surface area contributed by atoms with Crippen molar-refractivity contribution in [1.29, 1.82) is 0 Å². The first-order valence-electron chi connectivity index (χ1n) is 10.5. The maximum absolute atomic E-state index is 13.7. The summed E-state index contributed by atoms with van der Waals surface area (Å²) in [6.07, 6.45) is 0.0324. The number of methoxy groups -OCH3 is 2. The van der Waals surface area contributed by atoms with Crippen LogP contribution in [0.15, 0.2) is 60.7 Å². The van der Waals surface area contributed by atoms with Crippen LogP contribution in [0.1, 0.15) is 24.0 Å². The quantitative estimate of drug-likeness (QED) is 0.227. The monoisotopic (exact) mass is 476 g/mol. The van der Waals surface area contributed by atoms with Gasteiger partial charge in [0.15, 0.2) is 0 Å². The Morgan fingerprint density at radius 2 is 1.27 bits per heavy atom. The van der Waals surface area contributed by atoms with E-state index in [0.717, 1.165) is 11.1 Å². The summed E-state index contributed by atoms with van der Waals surface area (Å²) in [6, 6.07) is 18.3. The minimum atomic E-state index is -3.83. The molecule has 0 amide bonds. The third kappa shape index (κ3) is 8.92. The zero-order valence-electron chi connectivity index (χ0n) is 18.8. The summed E-state index contributed by atoms with van der Waals surface area (Å²) in [6.45, 7) is 0.0190. The van der Waals surface area contributed by atoms with Crippen molar-refractivity contribution in [3.8, 4) is 0 Å². The fourth-order valence-electron chi connectivity index (χ4n) is 3.23. The summed E-state index contributed by atoms with van der Waals surface area (Å²) in [5, 5.41) is 0. The zero-order valence-corrected chi connectivity index (χ0v) is 19.6. The summed E-state index contributed by atoms with van der Waals surface area (Å²) >= 11 is 0. The highest BCUT2D eigenvalue weighted by molar-refractivity contribution is 7.53. The van der Waals surface area contributed by atoms with E-state index in [-0.39, 0.29) is 32.2 Å². The average molecular weight is 476 g/mol. The van der Waals surface area contributed by atoms with Crippen molar-refractivity contribution in [1.82, 2.24) is 0 Å². The smallest absolute Gasteiger partial charge is 0.332 e. The molecule has 178 valence electrons. The first kappa shape index (κ1) is 26.5. The number of aldehydes is 1. The molecule has 0 N–H and O–H groups in total. The normalized spacial score (nSPS) is 13.0. The van der Waals surface area contributed by atoms with Crippen LogP contribution >= 0.6 is 7.60 Å². The van der Waals surface area contributed by atoms with Crippen molar-refractivity contribution in [3.63, 3.8) is 0 Å². The van der Waals surface area contributed by atoms with E-state index < -0.39 is 31.4 Å². The van der Waals surface area contributed by atoms with Crippen LogP contribution in [-0.2, 0) is 50.7 Å². The van der Waals surface area contributed by atoms with Gasteiger partial charge >= 0.3 is 19.5 Å². The minimum Gasteiger partial charge on any atom is -0.469 e.